The fraction of sp³-hybridized carbons (Fsp3) is 1.00. The Balaban J connectivity index is 0. The fourth-order valence-corrected chi connectivity index (χ4v) is 2.69. The van der Waals surface area contributed by atoms with Gasteiger partial charge in [-0.15, -0.1) is 0 Å². The van der Waals surface area contributed by atoms with Gasteiger partial charge in [0.2, 0.25) is 0 Å². The zero-order valence-corrected chi connectivity index (χ0v) is 14.9. The first kappa shape index (κ1) is 22.7. The van der Waals surface area contributed by atoms with Gasteiger partial charge in [-0.25, -0.2) is 0 Å². The van der Waals surface area contributed by atoms with E-state index in [1.165, 1.54) is 103 Å². The van der Waals surface area contributed by atoms with Crippen LogP contribution in [0.4, 0.5) is 0 Å². The van der Waals surface area contributed by atoms with Crippen LogP contribution >= 0.6 is 0 Å². The summed E-state index contributed by atoms with van der Waals surface area (Å²) in [6.45, 7) is 3.16. The first-order valence-electron chi connectivity index (χ1n) is 9.12. The van der Waals surface area contributed by atoms with E-state index in [0.29, 0.717) is 0 Å². The van der Waals surface area contributed by atoms with E-state index in [9.17, 15) is 0 Å². The number of unbranched alkanes of at least 4 members (excludes halogenated alkanes) is 15. The van der Waals surface area contributed by atoms with E-state index in [1.807, 2.05) is 0 Å². The predicted molar refractivity (Wildman–Crippen MR) is 88.6 cm³/mol. The second-order valence-electron chi connectivity index (χ2n) is 6.09. The summed E-state index contributed by atoms with van der Waals surface area (Å²) in [6, 6.07) is 0. The molecule has 0 aromatic heterocycles. The Morgan fingerprint density at radius 1 is 0.450 bits per heavy atom. The molecule has 126 valence electrons. The molecular weight excluding hydrogens is 289 g/mol. The van der Waals surface area contributed by atoms with Crippen molar-refractivity contribution in [1.29, 1.82) is 0 Å². The molecule has 1 nitrogen and oxygen atoms in total. The summed E-state index contributed by atoms with van der Waals surface area (Å²) in [5.74, 6) is 0. The van der Waals surface area contributed by atoms with E-state index in [1.54, 1.807) is 0 Å². The van der Waals surface area contributed by atoms with Crippen LogP contribution in [0.15, 0.2) is 0 Å². The molecule has 20 heavy (non-hydrogen) atoms. The second-order valence-corrected chi connectivity index (χ2v) is 6.09. The fourth-order valence-electron chi connectivity index (χ4n) is 2.69. The molecule has 2 N–H and O–H groups in total. The van der Waals surface area contributed by atoms with Crippen LogP contribution in [-0.2, 0) is 16.5 Å². The summed E-state index contributed by atoms with van der Waals surface area (Å²) in [7, 11) is 0. The van der Waals surface area contributed by atoms with Gasteiger partial charge in [-0.05, 0) is 13.0 Å². The minimum Gasteiger partial charge on any atom is -0.330 e. The van der Waals surface area contributed by atoms with Crippen molar-refractivity contribution in [2.75, 3.05) is 6.54 Å². The minimum absolute atomic E-state index is 0. The van der Waals surface area contributed by atoms with Gasteiger partial charge in [-0.3, -0.25) is 0 Å². The molecule has 0 aliphatic rings. The molecule has 0 saturated heterocycles. The van der Waals surface area contributed by atoms with Crippen LogP contribution in [-0.4, -0.2) is 6.54 Å². The normalized spacial score (nSPS) is 10.5. The summed E-state index contributed by atoms with van der Waals surface area (Å²) in [5.41, 5.74) is 5.48. The molecule has 0 aliphatic heterocycles. The Hall–Kier alpha value is 0.454. The molecule has 0 bridgehead atoms. The maximum absolute atomic E-state index is 5.48. The van der Waals surface area contributed by atoms with Gasteiger partial charge < -0.3 is 5.73 Å². The summed E-state index contributed by atoms with van der Waals surface area (Å²) in [6.07, 6.45) is 22.9. The Labute approximate surface area is 138 Å². The molecule has 0 spiro atoms. The standard InChI is InChI=1S/C18H39N.Ni/c1-2-3-4-5-6-7-8-9-10-11-12-13-14-15-16-17-18-19;/h2-19H2,1H3;. The smallest absolute Gasteiger partial charge is 0 e. The molecule has 0 aromatic rings. The van der Waals surface area contributed by atoms with E-state index in [4.69, 9.17) is 5.73 Å². The van der Waals surface area contributed by atoms with Crippen LogP contribution in [0.1, 0.15) is 110 Å². The topological polar surface area (TPSA) is 26.0 Å². The maximum atomic E-state index is 5.48. The molecule has 0 fully saturated rings. The monoisotopic (exact) mass is 327 g/mol. The van der Waals surface area contributed by atoms with Crippen molar-refractivity contribution in [2.45, 2.75) is 110 Å². The molecule has 0 heterocycles. The largest absolute Gasteiger partial charge is 0.330 e. The second kappa shape index (κ2) is 21.7. The minimum atomic E-state index is 0. The molecule has 0 atom stereocenters. The average molecular weight is 328 g/mol. The number of hydrogen-bond acceptors (Lipinski definition) is 1. The third-order valence-corrected chi connectivity index (χ3v) is 4.06. The Kier molecular flexibility index (Phi) is 24.7. The Morgan fingerprint density at radius 3 is 0.950 bits per heavy atom. The molecule has 0 rings (SSSR count). The van der Waals surface area contributed by atoms with Crippen LogP contribution in [0.25, 0.3) is 0 Å². The van der Waals surface area contributed by atoms with Crippen LogP contribution in [0.3, 0.4) is 0 Å². The molecule has 0 aromatic carbocycles. The molecule has 0 aliphatic carbocycles. The van der Waals surface area contributed by atoms with Gasteiger partial charge in [0.1, 0.15) is 0 Å². The third-order valence-electron chi connectivity index (χ3n) is 4.06. The van der Waals surface area contributed by atoms with Crippen molar-refractivity contribution < 1.29 is 16.5 Å². The van der Waals surface area contributed by atoms with Crippen molar-refractivity contribution in [3.8, 4) is 0 Å². The van der Waals surface area contributed by atoms with Crippen molar-refractivity contribution in [3.05, 3.63) is 0 Å². The van der Waals surface area contributed by atoms with Gasteiger partial charge in [0.15, 0.2) is 0 Å². The zero-order chi connectivity index (χ0) is 14.0. The van der Waals surface area contributed by atoms with Crippen LogP contribution < -0.4 is 5.73 Å². The molecule has 0 amide bonds. The van der Waals surface area contributed by atoms with E-state index in [2.05, 4.69) is 6.92 Å². The van der Waals surface area contributed by atoms with Gasteiger partial charge >= 0.3 is 0 Å². The molecule has 0 radical (unpaired) electrons. The molecule has 0 unspecified atom stereocenters. The first-order valence-corrected chi connectivity index (χ1v) is 9.12. The Bertz CT molecular complexity index is 134. The van der Waals surface area contributed by atoms with Gasteiger partial charge in [0.05, 0.1) is 0 Å². The van der Waals surface area contributed by atoms with Gasteiger partial charge in [0, 0.05) is 16.5 Å². The van der Waals surface area contributed by atoms with E-state index < -0.39 is 0 Å². The zero-order valence-electron chi connectivity index (χ0n) is 13.9. The summed E-state index contributed by atoms with van der Waals surface area (Å²) < 4.78 is 0. The van der Waals surface area contributed by atoms with E-state index >= 15 is 0 Å². The van der Waals surface area contributed by atoms with Gasteiger partial charge in [-0.1, -0.05) is 103 Å². The molecular formula is C18H39NNi. The summed E-state index contributed by atoms with van der Waals surface area (Å²) in [4.78, 5) is 0. The SMILES string of the molecule is CCCCCCCCCCCCCCCCCCN.[Ni]. The summed E-state index contributed by atoms with van der Waals surface area (Å²) >= 11 is 0. The molecule has 2 heteroatoms. The van der Waals surface area contributed by atoms with Gasteiger partial charge in [0.25, 0.3) is 0 Å². The maximum Gasteiger partial charge on any atom is 0 e. The number of hydrogen-bond donors (Lipinski definition) is 1. The van der Waals surface area contributed by atoms with Crippen molar-refractivity contribution in [2.24, 2.45) is 5.73 Å². The first-order chi connectivity index (χ1) is 9.41. The van der Waals surface area contributed by atoms with E-state index in [-0.39, 0.29) is 16.5 Å². The number of nitrogens with two attached hydrogens (primary N) is 1. The van der Waals surface area contributed by atoms with Gasteiger partial charge in [-0.2, -0.15) is 0 Å². The number of rotatable bonds is 16. The summed E-state index contributed by atoms with van der Waals surface area (Å²) in [5, 5.41) is 0. The molecule has 0 saturated carbocycles. The van der Waals surface area contributed by atoms with E-state index in [0.717, 1.165) is 6.54 Å². The quantitative estimate of drug-likeness (QED) is 0.265. The predicted octanol–water partition coefficient (Wildman–Crippen LogP) is 6.20. The average Bonchev–Trinajstić information content (AvgIpc) is 2.43. The van der Waals surface area contributed by atoms with Crippen LogP contribution in [0.2, 0.25) is 0 Å². The van der Waals surface area contributed by atoms with Crippen LogP contribution in [0, 0.1) is 0 Å². The van der Waals surface area contributed by atoms with Crippen molar-refractivity contribution in [3.63, 3.8) is 0 Å². The van der Waals surface area contributed by atoms with Crippen molar-refractivity contribution >= 4 is 0 Å². The van der Waals surface area contributed by atoms with Crippen LogP contribution in [0.5, 0.6) is 0 Å². The Morgan fingerprint density at radius 2 is 0.700 bits per heavy atom. The third kappa shape index (κ3) is 20.8. The van der Waals surface area contributed by atoms with Crippen molar-refractivity contribution in [1.82, 2.24) is 0 Å².